The van der Waals surface area contributed by atoms with Crippen molar-refractivity contribution in [2.75, 3.05) is 0 Å². The van der Waals surface area contributed by atoms with Gasteiger partial charge in [-0.2, -0.15) is 0 Å². The van der Waals surface area contributed by atoms with Crippen molar-refractivity contribution in [3.63, 3.8) is 0 Å². The zero-order valence-electron chi connectivity index (χ0n) is 17.8. The fraction of sp³-hybridized carbons (Fsp3) is 0.440. The highest BCUT2D eigenvalue weighted by molar-refractivity contribution is 7.98. The minimum absolute atomic E-state index is 0.0542. The van der Waals surface area contributed by atoms with Crippen LogP contribution in [0, 0.1) is 0 Å². The lowest BCUT2D eigenvalue weighted by molar-refractivity contribution is 0.0246. The molecule has 2 aromatic rings. The summed E-state index contributed by atoms with van der Waals surface area (Å²) in [4.78, 5) is 1.22. The molecule has 0 saturated heterocycles. The number of hydrogen-bond acceptors (Lipinski definition) is 4. The summed E-state index contributed by atoms with van der Waals surface area (Å²) in [5.41, 5.74) is 4.59. The van der Waals surface area contributed by atoms with E-state index < -0.39 is 5.60 Å². The third-order valence-electron chi connectivity index (χ3n) is 5.69. The predicted octanol–water partition coefficient (Wildman–Crippen LogP) is 5.70. The van der Waals surface area contributed by atoms with Gasteiger partial charge < -0.3 is 15.3 Å². The van der Waals surface area contributed by atoms with E-state index in [-0.39, 0.29) is 13.2 Å². The smallest absolute Gasteiger partial charge is 0.0685 e. The largest absolute Gasteiger partial charge is 0.392 e. The van der Waals surface area contributed by atoms with E-state index in [0.29, 0.717) is 0 Å². The monoisotopic (exact) mass is 414 g/mol. The molecule has 0 spiro atoms. The molecule has 0 aliphatic rings. The fourth-order valence-electron chi connectivity index (χ4n) is 3.42. The first-order valence-electron chi connectivity index (χ1n) is 10.4. The second-order valence-corrected chi connectivity index (χ2v) is 8.58. The molecular formula is C25H34O3S. The molecule has 0 amide bonds. The summed E-state index contributed by atoms with van der Waals surface area (Å²) in [5.74, 6) is 0.800. The van der Waals surface area contributed by atoms with Crippen LogP contribution in [0.15, 0.2) is 53.4 Å². The van der Waals surface area contributed by atoms with E-state index in [4.69, 9.17) is 0 Å². The molecule has 158 valence electrons. The molecule has 3 N–H and O–H groups in total. The highest BCUT2D eigenvalue weighted by Crippen LogP contribution is 2.32. The van der Waals surface area contributed by atoms with Crippen LogP contribution in [0.4, 0.5) is 0 Å². The van der Waals surface area contributed by atoms with Crippen molar-refractivity contribution in [3.8, 4) is 0 Å². The Labute approximate surface area is 179 Å². The van der Waals surface area contributed by atoms with Crippen LogP contribution in [0.5, 0.6) is 0 Å². The summed E-state index contributed by atoms with van der Waals surface area (Å²) in [6.45, 7) is 6.11. The SMILES string of the molecule is CCC(O)(CC)CC/C=C(\C)c1ccccc1SCc1ccc(CO)c(CO)c1. The van der Waals surface area contributed by atoms with Crippen molar-refractivity contribution in [2.45, 2.75) is 75.9 Å². The molecule has 2 rings (SSSR count). The normalized spacial score (nSPS) is 12.4. The van der Waals surface area contributed by atoms with Gasteiger partial charge in [-0.1, -0.05) is 56.3 Å². The molecule has 0 unspecified atom stereocenters. The highest BCUT2D eigenvalue weighted by atomic mass is 32.2. The van der Waals surface area contributed by atoms with Gasteiger partial charge in [0, 0.05) is 10.6 Å². The number of benzene rings is 2. The summed E-state index contributed by atoms with van der Waals surface area (Å²) >= 11 is 1.77. The van der Waals surface area contributed by atoms with E-state index in [9.17, 15) is 15.3 Å². The number of aliphatic hydroxyl groups is 3. The Morgan fingerprint density at radius 3 is 2.34 bits per heavy atom. The third-order valence-corrected chi connectivity index (χ3v) is 6.84. The molecule has 0 fully saturated rings. The summed E-state index contributed by atoms with van der Waals surface area (Å²) < 4.78 is 0. The minimum Gasteiger partial charge on any atom is -0.392 e. The van der Waals surface area contributed by atoms with Gasteiger partial charge in [-0.05, 0) is 66.5 Å². The Morgan fingerprint density at radius 1 is 1.00 bits per heavy atom. The molecule has 4 heteroatoms. The third kappa shape index (κ3) is 6.71. The van der Waals surface area contributed by atoms with Gasteiger partial charge in [-0.3, -0.25) is 0 Å². The second-order valence-electron chi connectivity index (χ2n) is 7.56. The maximum Gasteiger partial charge on any atom is 0.0685 e. The Hall–Kier alpha value is -1.59. The van der Waals surface area contributed by atoms with Gasteiger partial charge in [0.25, 0.3) is 0 Å². The first-order chi connectivity index (χ1) is 14.0. The standard InChI is InChI=1S/C25H34O3S/c1-4-25(28,5-2)14-8-9-19(3)23-10-6-7-11-24(23)29-18-20-12-13-21(16-26)22(15-20)17-27/h6-7,9-13,15,26-28H,4-5,8,14,16-18H2,1-3H3/b19-9+. The molecule has 2 aromatic carbocycles. The van der Waals surface area contributed by atoms with Crippen molar-refractivity contribution in [3.05, 3.63) is 70.8 Å². The van der Waals surface area contributed by atoms with Crippen LogP contribution in [0.3, 0.4) is 0 Å². The molecule has 0 atom stereocenters. The maximum absolute atomic E-state index is 10.5. The van der Waals surface area contributed by atoms with Crippen LogP contribution in [0.2, 0.25) is 0 Å². The maximum atomic E-state index is 10.5. The lowest BCUT2D eigenvalue weighted by Gasteiger charge is -2.24. The lowest BCUT2D eigenvalue weighted by atomic mass is 9.91. The van der Waals surface area contributed by atoms with Crippen LogP contribution in [0.25, 0.3) is 5.57 Å². The Bertz CT molecular complexity index is 809. The van der Waals surface area contributed by atoms with Gasteiger partial charge in [-0.25, -0.2) is 0 Å². The van der Waals surface area contributed by atoms with E-state index in [0.717, 1.165) is 48.1 Å². The van der Waals surface area contributed by atoms with E-state index in [1.165, 1.54) is 16.0 Å². The zero-order valence-corrected chi connectivity index (χ0v) is 18.6. The number of thioether (sulfide) groups is 1. The molecule has 0 aromatic heterocycles. The highest BCUT2D eigenvalue weighted by Gasteiger charge is 2.20. The number of rotatable bonds is 11. The zero-order chi connectivity index (χ0) is 21.3. The van der Waals surface area contributed by atoms with Crippen LogP contribution >= 0.6 is 11.8 Å². The van der Waals surface area contributed by atoms with Crippen molar-refractivity contribution in [1.29, 1.82) is 0 Å². The van der Waals surface area contributed by atoms with E-state index in [1.54, 1.807) is 11.8 Å². The van der Waals surface area contributed by atoms with Crippen molar-refractivity contribution in [1.82, 2.24) is 0 Å². The van der Waals surface area contributed by atoms with Gasteiger partial charge in [0.1, 0.15) is 0 Å². The summed E-state index contributed by atoms with van der Waals surface area (Å²) in [6, 6.07) is 14.3. The molecule has 0 aliphatic heterocycles. The first-order valence-corrected chi connectivity index (χ1v) is 11.4. The van der Waals surface area contributed by atoms with Crippen LogP contribution < -0.4 is 0 Å². The molecular weight excluding hydrogens is 380 g/mol. The number of aliphatic hydroxyl groups excluding tert-OH is 2. The summed E-state index contributed by atoms with van der Waals surface area (Å²) in [6.07, 6.45) is 5.45. The van der Waals surface area contributed by atoms with Crippen molar-refractivity contribution in [2.24, 2.45) is 0 Å². The summed E-state index contributed by atoms with van der Waals surface area (Å²) in [7, 11) is 0. The fourth-order valence-corrected chi connectivity index (χ4v) is 4.48. The van der Waals surface area contributed by atoms with Crippen LogP contribution in [-0.2, 0) is 19.0 Å². The molecule has 0 aliphatic carbocycles. The minimum atomic E-state index is -0.559. The van der Waals surface area contributed by atoms with Gasteiger partial charge in [0.15, 0.2) is 0 Å². The van der Waals surface area contributed by atoms with Gasteiger partial charge >= 0.3 is 0 Å². The lowest BCUT2D eigenvalue weighted by Crippen LogP contribution is -2.25. The van der Waals surface area contributed by atoms with Gasteiger partial charge in [-0.15, -0.1) is 11.8 Å². The van der Waals surface area contributed by atoms with Crippen molar-refractivity contribution >= 4 is 17.3 Å². The average Bonchev–Trinajstić information content (AvgIpc) is 2.77. The number of allylic oxidation sites excluding steroid dienone is 2. The Morgan fingerprint density at radius 2 is 1.69 bits per heavy atom. The Kier molecular flexibility index (Phi) is 9.44. The molecule has 0 radical (unpaired) electrons. The van der Waals surface area contributed by atoms with Crippen LogP contribution in [0.1, 0.15) is 68.7 Å². The number of hydrogen-bond donors (Lipinski definition) is 3. The molecule has 0 heterocycles. The molecule has 0 bridgehead atoms. The molecule has 0 saturated carbocycles. The molecule has 3 nitrogen and oxygen atoms in total. The quantitative estimate of drug-likeness (QED) is 0.413. The van der Waals surface area contributed by atoms with Crippen LogP contribution in [-0.4, -0.2) is 20.9 Å². The van der Waals surface area contributed by atoms with E-state index in [1.807, 2.05) is 32.0 Å². The average molecular weight is 415 g/mol. The summed E-state index contributed by atoms with van der Waals surface area (Å²) in [5, 5.41) is 29.4. The predicted molar refractivity (Wildman–Crippen MR) is 123 cm³/mol. The van der Waals surface area contributed by atoms with Gasteiger partial charge in [0.05, 0.1) is 18.8 Å². The van der Waals surface area contributed by atoms with Crippen molar-refractivity contribution < 1.29 is 15.3 Å². The Balaban J connectivity index is 2.09. The topological polar surface area (TPSA) is 60.7 Å². The molecule has 29 heavy (non-hydrogen) atoms. The van der Waals surface area contributed by atoms with E-state index >= 15 is 0 Å². The van der Waals surface area contributed by atoms with E-state index in [2.05, 4.69) is 37.3 Å². The second kappa shape index (κ2) is 11.6. The first kappa shape index (κ1) is 23.7. The van der Waals surface area contributed by atoms with Gasteiger partial charge in [0.2, 0.25) is 0 Å².